The average Bonchev–Trinajstić information content (AvgIpc) is 3.27. The fourth-order valence-electron chi connectivity index (χ4n) is 2.87. The second kappa shape index (κ2) is 7.56. The highest BCUT2D eigenvalue weighted by Crippen LogP contribution is 2.24. The quantitative estimate of drug-likeness (QED) is 0.706. The van der Waals surface area contributed by atoms with Crippen molar-refractivity contribution in [1.29, 1.82) is 0 Å². The fraction of sp³-hybridized carbons (Fsp3) is 0.238. The minimum Gasteiger partial charge on any atom is -0.481 e. The summed E-state index contributed by atoms with van der Waals surface area (Å²) in [5.74, 6) is 4.25. The Morgan fingerprint density at radius 1 is 0.870 bits per heavy atom. The first kappa shape index (κ1) is 15.2. The summed E-state index contributed by atoms with van der Waals surface area (Å²) in [6.45, 7) is 2.27. The Balaban J connectivity index is 1.71. The fourth-order valence-corrected chi connectivity index (χ4v) is 2.87. The number of allylic oxidation sites excluding steroid dienone is 4. The van der Waals surface area contributed by atoms with Gasteiger partial charge in [-0.05, 0) is 24.3 Å². The number of hydrogen-bond acceptors (Lipinski definition) is 2. The summed E-state index contributed by atoms with van der Waals surface area (Å²) in [7, 11) is 0. The molecule has 1 aromatic carbocycles. The van der Waals surface area contributed by atoms with Crippen molar-refractivity contribution in [3.05, 3.63) is 72.9 Å². The highest BCUT2D eigenvalue weighted by molar-refractivity contribution is 5.50. The Morgan fingerprint density at radius 2 is 1.39 bits per heavy atom. The highest BCUT2D eigenvalue weighted by atomic mass is 16.5. The van der Waals surface area contributed by atoms with Gasteiger partial charge < -0.3 is 9.64 Å². The molecule has 0 fully saturated rings. The molecule has 3 rings (SSSR count). The van der Waals surface area contributed by atoms with Crippen LogP contribution in [0.25, 0.3) is 0 Å². The molecule has 2 nitrogen and oxygen atoms in total. The Kier molecular flexibility index (Phi) is 5.01. The Bertz CT molecular complexity index is 619. The Morgan fingerprint density at radius 3 is 1.87 bits per heavy atom. The molecule has 116 valence electrons. The van der Waals surface area contributed by atoms with Gasteiger partial charge in [0.15, 0.2) is 0 Å². The van der Waals surface area contributed by atoms with Crippen LogP contribution >= 0.6 is 0 Å². The number of benzene rings is 1. The maximum absolute atomic E-state index is 5.46. The zero-order chi connectivity index (χ0) is 15.9. The van der Waals surface area contributed by atoms with Crippen molar-refractivity contribution < 1.29 is 4.74 Å². The number of hydrogen-bond donors (Lipinski definition) is 0. The van der Waals surface area contributed by atoms with Crippen molar-refractivity contribution in [3.8, 4) is 18.1 Å². The van der Waals surface area contributed by atoms with E-state index in [1.165, 1.54) is 5.69 Å². The van der Waals surface area contributed by atoms with Gasteiger partial charge in [-0.15, -0.1) is 6.42 Å². The summed E-state index contributed by atoms with van der Waals surface area (Å²) < 4.78 is 5.46. The Labute approximate surface area is 138 Å². The van der Waals surface area contributed by atoms with E-state index in [9.17, 15) is 0 Å². The van der Waals surface area contributed by atoms with Crippen LogP contribution in [0.3, 0.4) is 0 Å². The van der Waals surface area contributed by atoms with Gasteiger partial charge in [0, 0.05) is 30.6 Å². The molecule has 0 N–H and O–H groups in total. The molecule has 0 aliphatic heterocycles. The third-order valence-electron chi connectivity index (χ3n) is 4.04. The smallest absolute Gasteiger partial charge is 0.148 e. The molecule has 0 unspecified atom stereocenters. The van der Waals surface area contributed by atoms with Gasteiger partial charge in [-0.25, -0.2) is 0 Å². The lowest BCUT2D eigenvalue weighted by Gasteiger charge is -2.28. The molecule has 2 heteroatoms. The van der Waals surface area contributed by atoms with Crippen LogP contribution in [-0.2, 0) is 0 Å². The van der Waals surface area contributed by atoms with E-state index in [4.69, 9.17) is 11.2 Å². The van der Waals surface area contributed by atoms with Gasteiger partial charge in [0.2, 0.25) is 0 Å². The molecule has 0 radical (unpaired) electrons. The lowest BCUT2D eigenvalue weighted by molar-refractivity contribution is 0.370. The molecule has 23 heavy (non-hydrogen) atoms. The topological polar surface area (TPSA) is 12.5 Å². The van der Waals surface area contributed by atoms with Crippen molar-refractivity contribution in [2.24, 2.45) is 11.8 Å². The average molecular weight is 303 g/mol. The van der Waals surface area contributed by atoms with E-state index in [2.05, 4.69) is 71.6 Å². The van der Waals surface area contributed by atoms with Crippen molar-refractivity contribution in [3.63, 3.8) is 0 Å². The SMILES string of the molecule is C#CCOc1ccc(N(CC2C=CC=C2)CC2C=CC=C2)cc1. The number of rotatable bonds is 7. The van der Waals surface area contributed by atoms with Crippen molar-refractivity contribution >= 4 is 5.69 Å². The number of anilines is 1. The molecule has 0 heterocycles. The van der Waals surface area contributed by atoms with Gasteiger partial charge in [-0.3, -0.25) is 0 Å². The molecule has 0 saturated heterocycles. The van der Waals surface area contributed by atoms with E-state index in [-0.39, 0.29) is 0 Å². The van der Waals surface area contributed by atoms with E-state index >= 15 is 0 Å². The monoisotopic (exact) mass is 303 g/mol. The van der Waals surface area contributed by atoms with Crippen molar-refractivity contribution in [2.75, 3.05) is 24.6 Å². The molecule has 0 spiro atoms. The maximum atomic E-state index is 5.46. The van der Waals surface area contributed by atoms with Crippen LogP contribution in [0.4, 0.5) is 5.69 Å². The molecular formula is C21H21NO. The summed E-state index contributed by atoms with van der Waals surface area (Å²) in [5, 5.41) is 0. The van der Waals surface area contributed by atoms with Crippen LogP contribution in [-0.4, -0.2) is 19.7 Å². The van der Waals surface area contributed by atoms with Crippen molar-refractivity contribution in [2.45, 2.75) is 0 Å². The molecule has 2 aliphatic rings. The largest absolute Gasteiger partial charge is 0.481 e. The minimum atomic E-state index is 0.304. The predicted molar refractivity (Wildman–Crippen MR) is 96.5 cm³/mol. The normalized spacial score (nSPS) is 16.1. The summed E-state index contributed by atoms with van der Waals surface area (Å²) in [6.07, 6.45) is 22.7. The standard InChI is InChI=1S/C21H21NO/c1-2-15-23-21-13-11-20(12-14-21)22(16-18-7-3-4-8-18)17-19-9-5-6-10-19/h1,3-14,18-19H,15-17H2. The van der Waals surface area contributed by atoms with Crippen LogP contribution < -0.4 is 9.64 Å². The Hall–Kier alpha value is -2.66. The van der Waals surface area contributed by atoms with E-state index < -0.39 is 0 Å². The second-order valence-corrected chi connectivity index (χ2v) is 5.76. The summed E-state index contributed by atoms with van der Waals surface area (Å²) >= 11 is 0. The lowest BCUT2D eigenvalue weighted by atomic mass is 10.1. The van der Waals surface area contributed by atoms with Crippen LogP contribution in [0, 0.1) is 24.2 Å². The third kappa shape index (κ3) is 4.17. The summed E-state index contributed by atoms with van der Waals surface area (Å²) in [6, 6.07) is 8.19. The number of ether oxygens (including phenoxy) is 1. The van der Waals surface area contributed by atoms with Gasteiger partial charge in [0.1, 0.15) is 12.4 Å². The first-order valence-corrected chi connectivity index (χ1v) is 7.96. The molecular weight excluding hydrogens is 282 g/mol. The zero-order valence-electron chi connectivity index (χ0n) is 13.1. The highest BCUT2D eigenvalue weighted by Gasteiger charge is 2.16. The van der Waals surface area contributed by atoms with Gasteiger partial charge >= 0.3 is 0 Å². The van der Waals surface area contributed by atoms with Crippen LogP contribution in [0.1, 0.15) is 0 Å². The zero-order valence-corrected chi connectivity index (χ0v) is 13.1. The first-order valence-electron chi connectivity index (χ1n) is 7.96. The van der Waals surface area contributed by atoms with Crippen LogP contribution in [0.2, 0.25) is 0 Å². The van der Waals surface area contributed by atoms with Gasteiger partial charge in [-0.1, -0.05) is 54.5 Å². The number of terminal acetylenes is 1. The van der Waals surface area contributed by atoms with E-state index in [0.717, 1.165) is 18.8 Å². The molecule has 0 amide bonds. The molecule has 0 atom stereocenters. The van der Waals surface area contributed by atoms with Crippen LogP contribution in [0.15, 0.2) is 72.9 Å². The predicted octanol–water partition coefficient (Wildman–Crippen LogP) is 3.99. The molecule has 0 bridgehead atoms. The van der Waals surface area contributed by atoms with E-state index in [0.29, 0.717) is 18.4 Å². The molecule has 1 aromatic rings. The maximum Gasteiger partial charge on any atom is 0.148 e. The van der Waals surface area contributed by atoms with Gasteiger partial charge in [0.25, 0.3) is 0 Å². The second-order valence-electron chi connectivity index (χ2n) is 5.76. The van der Waals surface area contributed by atoms with Gasteiger partial charge in [-0.2, -0.15) is 0 Å². The molecule has 0 aromatic heterocycles. The first-order chi connectivity index (χ1) is 11.3. The van der Waals surface area contributed by atoms with E-state index in [1.54, 1.807) is 0 Å². The van der Waals surface area contributed by atoms with Gasteiger partial charge in [0.05, 0.1) is 0 Å². The number of nitrogens with zero attached hydrogens (tertiary/aromatic N) is 1. The lowest BCUT2D eigenvalue weighted by Crippen LogP contribution is -2.31. The molecule has 0 saturated carbocycles. The third-order valence-corrected chi connectivity index (χ3v) is 4.04. The summed E-state index contributed by atoms with van der Waals surface area (Å²) in [5.41, 5.74) is 1.21. The van der Waals surface area contributed by atoms with Crippen molar-refractivity contribution in [1.82, 2.24) is 0 Å². The van der Waals surface area contributed by atoms with E-state index in [1.807, 2.05) is 12.1 Å². The van der Waals surface area contributed by atoms with Crippen LogP contribution in [0.5, 0.6) is 5.75 Å². The molecule has 2 aliphatic carbocycles. The summed E-state index contributed by atoms with van der Waals surface area (Å²) in [4.78, 5) is 2.43. The minimum absolute atomic E-state index is 0.304.